The Morgan fingerprint density at radius 1 is 0.0846 bits per heavy atom. The van der Waals surface area contributed by atoms with Gasteiger partial charge in [0, 0.05) is 0 Å². The average molecular weight is 1670 g/mol. The summed E-state index contributed by atoms with van der Waals surface area (Å²) in [7, 11) is -2.97. The molecule has 0 atom stereocenters. The highest BCUT2D eigenvalue weighted by Crippen LogP contribution is 2.48. The van der Waals surface area contributed by atoms with E-state index in [0.717, 1.165) is 0 Å². The number of hydrogen-bond acceptors (Lipinski definition) is 0. The molecule has 130 heavy (non-hydrogen) atoms. The van der Waals surface area contributed by atoms with Crippen LogP contribution in [0, 0.1) is 0 Å². The molecule has 0 bridgehead atoms. The molecule has 0 N–H and O–H groups in total. The highest BCUT2D eigenvalue weighted by atomic mass is 28.3. The number of rotatable bonds is 16. The van der Waals surface area contributed by atoms with E-state index in [-0.39, 0.29) is 0 Å². The third-order valence-electron chi connectivity index (χ3n) is 27.4. The van der Waals surface area contributed by atoms with Gasteiger partial charge in [-0.05, 0) is 221 Å². The van der Waals surface area contributed by atoms with Gasteiger partial charge in [-0.2, -0.15) is 0 Å². The summed E-state index contributed by atoms with van der Waals surface area (Å²) in [5.41, 5.74) is 43.3. The molecule has 16 aliphatic rings. The predicted molar refractivity (Wildman–Crippen MR) is 551 cm³/mol. The molecule has 0 amide bonds. The second kappa shape index (κ2) is 33.8. The van der Waals surface area contributed by atoms with Crippen molar-refractivity contribution >= 4 is 28.8 Å². The quantitative estimate of drug-likeness (QED) is 0.0668. The van der Waals surface area contributed by atoms with Crippen LogP contribution in [0.2, 0.25) is 0 Å². The van der Waals surface area contributed by atoms with Crippen molar-refractivity contribution < 1.29 is 0 Å². The molecule has 24 rings (SSSR count). The van der Waals surface area contributed by atoms with Gasteiger partial charge < -0.3 is 0 Å². The van der Waals surface area contributed by atoms with Gasteiger partial charge in [0.05, 0.1) is 5.41 Å². The molecule has 16 aliphatic carbocycles. The third kappa shape index (κ3) is 14.8. The fourth-order valence-corrected chi connectivity index (χ4v) is 24.8. The lowest BCUT2D eigenvalue weighted by Crippen LogP contribution is -2.74. The molecular formula is C129H88Si. The van der Waals surface area contributed by atoms with E-state index < -0.39 is 13.5 Å². The number of hydrogen-bond donors (Lipinski definition) is 0. The lowest BCUT2D eigenvalue weighted by Gasteiger charge is -2.37. The zero-order valence-electron chi connectivity index (χ0n) is 71.8. The highest BCUT2D eigenvalue weighted by Gasteiger charge is 2.43. The number of fused-ring (bicyclic) bond motifs is 8. The molecule has 8 aromatic carbocycles. The van der Waals surface area contributed by atoms with Crippen LogP contribution >= 0.6 is 0 Å². The van der Waals surface area contributed by atoms with Crippen molar-refractivity contribution in [3.05, 3.63) is 556 Å². The van der Waals surface area contributed by atoms with Gasteiger partial charge in [-0.25, -0.2) is 0 Å². The van der Waals surface area contributed by atoms with Gasteiger partial charge in [0.15, 0.2) is 8.07 Å². The fraction of sp³-hybridized carbons (Fsp3) is 0.00775. The van der Waals surface area contributed by atoms with Gasteiger partial charge in [-0.1, -0.05) is 534 Å². The van der Waals surface area contributed by atoms with E-state index in [1.165, 1.54) is 221 Å². The summed E-state index contributed by atoms with van der Waals surface area (Å²) >= 11 is 0. The Balaban J connectivity index is 0.000000148. The van der Waals surface area contributed by atoms with E-state index in [2.05, 4.69) is 534 Å². The topological polar surface area (TPSA) is 0 Å². The summed E-state index contributed by atoms with van der Waals surface area (Å²) in [6.45, 7) is 0. The second-order valence-electron chi connectivity index (χ2n) is 34.6. The van der Waals surface area contributed by atoms with Crippen molar-refractivity contribution in [3.63, 3.8) is 0 Å². The predicted octanol–water partition coefficient (Wildman–Crippen LogP) is 31.3. The Labute approximate surface area is 762 Å². The second-order valence-corrected chi connectivity index (χ2v) is 38.4. The molecule has 0 heterocycles. The summed E-state index contributed by atoms with van der Waals surface area (Å²) in [6, 6.07) is 199. The van der Waals surface area contributed by atoms with Crippen LogP contribution in [-0.4, -0.2) is 8.07 Å². The molecule has 0 saturated heterocycles. The molecule has 0 unspecified atom stereocenters. The molecule has 0 radical (unpaired) electrons. The largest absolute Gasteiger partial charge is 0.179 e. The maximum absolute atomic E-state index is 2.97. The van der Waals surface area contributed by atoms with Crippen LogP contribution in [-0.2, 0) is 5.41 Å². The Morgan fingerprint density at radius 3 is 0.262 bits per heavy atom. The van der Waals surface area contributed by atoms with E-state index in [1.807, 2.05) is 0 Å². The molecule has 1 heteroatoms. The average Bonchev–Trinajstić information content (AvgIpc) is 0.832. The lowest BCUT2D eigenvalue weighted by atomic mass is 9.64. The standard InChI is InChI=1S/C65H44.C64H44Si/c2*1-5-45-13-21-53(22-14-46(45)6-1)57-29-37-61(38-30-57)65(62-39-31-58(32-40-62)54-23-15-47-7-2-8-48(47)16-24-54,63-41-33-59(34-42-63)55-25-17-49-9-3-10-50(49)18-26-55)64-43-35-60(36-44-64)56-27-19-51-11-4-12-52(51)20-28-56/h2*1-44H. The molecule has 0 saturated carbocycles. The zero-order valence-corrected chi connectivity index (χ0v) is 72.8. The highest BCUT2D eigenvalue weighted by molar-refractivity contribution is 7.20. The molecule has 608 valence electrons. The summed E-state index contributed by atoms with van der Waals surface area (Å²) in [5, 5.41) is 5.36. The molecular weight excluding hydrogens is 1580 g/mol. The summed E-state index contributed by atoms with van der Waals surface area (Å²) in [6.07, 6.45) is 0. The van der Waals surface area contributed by atoms with Crippen LogP contribution in [0.25, 0.3) is 178 Å². The van der Waals surface area contributed by atoms with Crippen LogP contribution < -0.4 is 20.7 Å². The zero-order chi connectivity index (χ0) is 86.3. The van der Waals surface area contributed by atoms with E-state index in [1.54, 1.807) is 0 Å². The summed E-state index contributed by atoms with van der Waals surface area (Å²) < 4.78 is 0. The first-order valence-corrected chi connectivity index (χ1v) is 47.1. The Bertz CT molecular complexity index is 6180. The van der Waals surface area contributed by atoms with Crippen molar-refractivity contribution in [1.29, 1.82) is 0 Å². The van der Waals surface area contributed by atoms with Crippen LogP contribution in [0.5, 0.6) is 0 Å². The fourth-order valence-electron chi connectivity index (χ4n) is 20.2. The van der Waals surface area contributed by atoms with Gasteiger partial charge in [-0.15, -0.1) is 0 Å². The van der Waals surface area contributed by atoms with E-state index >= 15 is 0 Å². The number of benzene rings is 8. The van der Waals surface area contributed by atoms with Crippen LogP contribution in [0.3, 0.4) is 0 Å². The minimum atomic E-state index is -2.97. The van der Waals surface area contributed by atoms with Crippen molar-refractivity contribution in [2.45, 2.75) is 5.41 Å². The monoisotopic (exact) mass is 1660 g/mol. The maximum Gasteiger partial charge on any atom is 0.179 e. The summed E-state index contributed by atoms with van der Waals surface area (Å²) in [5.74, 6) is 0. The first-order chi connectivity index (χ1) is 64.3. The van der Waals surface area contributed by atoms with Gasteiger partial charge >= 0.3 is 0 Å². The summed E-state index contributed by atoms with van der Waals surface area (Å²) in [4.78, 5) is 0. The Hall–Kier alpha value is -16.4. The van der Waals surface area contributed by atoms with Gasteiger partial charge in [-0.3, -0.25) is 0 Å². The maximum atomic E-state index is 2.41. The lowest BCUT2D eigenvalue weighted by molar-refractivity contribution is 0.745. The van der Waals surface area contributed by atoms with E-state index in [9.17, 15) is 0 Å². The van der Waals surface area contributed by atoms with Crippen LogP contribution in [0.4, 0.5) is 0 Å². The molecule has 0 nitrogen and oxygen atoms in total. The Kier molecular flexibility index (Phi) is 20.4. The van der Waals surface area contributed by atoms with Gasteiger partial charge in [0.1, 0.15) is 0 Å². The SMILES string of the molecule is c1cc2ccc(-c3ccc(C(c4ccc(-c5ccc6cccc-6cc5)cc4)(c4ccc(-c5ccc6cccc-6cc5)cc4)c4ccc(-c5ccc6cccc-6cc5)cc4)cc3)ccc-2c1.c1cc2ccc(-c3ccc([Si](c4ccc(-c5ccc6cccc-6cc5)cc4)(c4ccc(-c5ccc6cccc-6cc5)cc4)c4ccc(-c5ccc6cccc-6cc5)cc4)cc3)ccc-2c1. The molecule has 0 spiro atoms. The molecule has 0 aromatic heterocycles. The minimum Gasteiger partial charge on any atom is -0.0613 e. The minimum absolute atomic E-state index is 0.663. The Morgan fingerprint density at radius 2 is 0.162 bits per heavy atom. The first-order valence-electron chi connectivity index (χ1n) is 45.1. The van der Waals surface area contributed by atoms with Crippen LogP contribution in [0.1, 0.15) is 22.3 Å². The van der Waals surface area contributed by atoms with Crippen molar-refractivity contribution in [2.24, 2.45) is 0 Å². The normalized spacial score (nSPS) is 11.7. The van der Waals surface area contributed by atoms with E-state index in [4.69, 9.17) is 0 Å². The third-order valence-corrected chi connectivity index (χ3v) is 32.2. The van der Waals surface area contributed by atoms with E-state index in [0.29, 0.717) is 0 Å². The van der Waals surface area contributed by atoms with Gasteiger partial charge in [0.2, 0.25) is 0 Å². The van der Waals surface area contributed by atoms with Gasteiger partial charge in [0.25, 0.3) is 0 Å². The smallest absolute Gasteiger partial charge is 0.0613 e. The first kappa shape index (κ1) is 78.3. The van der Waals surface area contributed by atoms with Crippen molar-refractivity contribution in [1.82, 2.24) is 0 Å². The van der Waals surface area contributed by atoms with Crippen molar-refractivity contribution in [3.8, 4) is 178 Å². The van der Waals surface area contributed by atoms with Crippen molar-refractivity contribution in [2.75, 3.05) is 0 Å². The molecule has 0 fully saturated rings. The molecule has 8 aromatic rings. The molecule has 0 aliphatic heterocycles. The van der Waals surface area contributed by atoms with Crippen LogP contribution in [0.15, 0.2) is 534 Å².